The summed E-state index contributed by atoms with van der Waals surface area (Å²) in [5, 5.41) is 2.55. The lowest BCUT2D eigenvalue weighted by Crippen LogP contribution is -2.32. The molecule has 1 aliphatic heterocycles. The minimum Gasteiger partial charge on any atom is -0.401 e. The third-order valence-corrected chi connectivity index (χ3v) is 4.92. The SMILES string of the molecule is CNC(=O)c1ccc(N=CC2=C(N)CN(C3CCC(C)C3)C2)cn1. The molecule has 1 saturated carbocycles. The minimum absolute atomic E-state index is 0.199. The number of nitrogens with zero attached hydrogens (tertiary/aromatic N) is 3. The van der Waals surface area contributed by atoms with Gasteiger partial charge < -0.3 is 11.1 Å². The first-order chi connectivity index (χ1) is 11.6. The molecular weight excluding hydrogens is 302 g/mol. The van der Waals surface area contributed by atoms with Crippen LogP contribution in [0.2, 0.25) is 0 Å². The van der Waals surface area contributed by atoms with Crippen LogP contribution in [0.5, 0.6) is 0 Å². The fraction of sp³-hybridized carbons (Fsp3) is 0.500. The van der Waals surface area contributed by atoms with E-state index in [1.807, 2.05) is 6.21 Å². The fourth-order valence-electron chi connectivity index (χ4n) is 3.46. The average Bonchev–Trinajstić information content (AvgIpc) is 3.18. The van der Waals surface area contributed by atoms with Crippen molar-refractivity contribution in [1.82, 2.24) is 15.2 Å². The second-order valence-electron chi connectivity index (χ2n) is 6.77. The van der Waals surface area contributed by atoms with Crippen molar-refractivity contribution in [2.45, 2.75) is 32.2 Å². The standard InChI is InChI=1S/C18H25N5O/c1-12-3-5-15(7-12)23-10-13(16(19)11-23)8-21-14-4-6-17(22-9-14)18(24)20-2/h4,6,8-9,12,15H,3,5,7,10-11,19H2,1-2H3,(H,20,24). The Balaban J connectivity index is 1.62. The maximum Gasteiger partial charge on any atom is 0.269 e. The Morgan fingerprint density at radius 2 is 2.25 bits per heavy atom. The first-order valence-corrected chi connectivity index (χ1v) is 8.50. The molecule has 3 N–H and O–H groups in total. The summed E-state index contributed by atoms with van der Waals surface area (Å²) in [7, 11) is 1.59. The summed E-state index contributed by atoms with van der Waals surface area (Å²) in [6, 6.07) is 4.11. The highest BCUT2D eigenvalue weighted by Gasteiger charge is 2.30. The number of nitrogens with one attached hydrogen (secondary N) is 1. The molecule has 0 saturated heterocycles. The van der Waals surface area contributed by atoms with Gasteiger partial charge in [0, 0.05) is 43.7 Å². The molecule has 1 fully saturated rings. The second kappa shape index (κ2) is 7.13. The summed E-state index contributed by atoms with van der Waals surface area (Å²) in [4.78, 5) is 22.5. The molecule has 24 heavy (non-hydrogen) atoms. The van der Waals surface area contributed by atoms with E-state index in [9.17, 15) is 4.79 Å². The Hall–Kier alpha value is -2.21. The maximum absolute atomic E-state index is 11.5. The van der Waals surface area contributed by atoms with Crippen molar-refractivity contribution in [2.24, 2.45) is 16.6 Å². The van der Waals surface area contributed by atoms with Gasteiger partial charge in [0.15, 0.2) is 0 Å². The van der Waals surface area contributed by atoms with E-state index in [0.29, 0.717) is 11.7 Å². The molecule has 6 heteroatoms. The van der Waals surface area contributed by atoms with Crippen molar-refractivity contribution in [3.63, 3.8) is 0 Å². The minimum atomic E-state index is -0.199. The smallest absolute Gasteiger partial charge is 0.269 e. The highest BCUT2D eigenvalue weighted by molar-refractivity contribution is 5.92. The summed E-state index contributed by atoms with van der Waals surface area (Å²) in [6.07, 6.45) is 7.29. The molecule has 1 aliphatic carbocycles. The van der Waals surface area contributed by atoms with E-state index in [0.717, 1.165) is 36.0 Å². The van der Waals surface area contributed by atoms with Crippen LogP contribution < -0.4 is 11.1 Å². The van der Waals surface area contributed by atoms with Gasteiger partial charge in [0.2, 0.25) is 0 Å². The van der Waals surface area contributed by atoms with Gasteiger partial charge >= 0.3 is 0 Å². The van der Waals surface area contributed by atoms with Gasteiger partial charge in [-0.25, -0.2) is 4.98 Å². The molecule has 128 valence electrons. The number of carbonyl (C=O) groups excluding carboxylic acids is 1. The van der Waals surface area contributed by atoms with Crippen LogP contribution in [0.15, 0.2) is 34.6 Å². The summed E-state index contributed by atoms with van der Waals surface area (Å²) < 4.78 is 0. The molecule has 2 heterocycles. The Kier molecular flexibility index (Phi) is 4.94. The first-order valence-electron chi connectivity index (χ1n) is 8.50. The van der Waals surface area contributed by atoms with Crippen molar-refractivity contribution in [3.8, 4) is 0 Å². The molecule has 2 atom stereocenters. The van der Waals surface area contributed by atoms with E-state index in [2.05, 4.69) is 27.1 Å². The van der Waals surface area contributed by atoms with Crippen LogP contribution in [0.25, 0.3) is 0 Å². The molecular formula is C18H25N5O. The van der Waals surface area contributed by atoms with Gasteiger partial charge in [0.05, 0.1) is 11.9 Å². The fourth-order valence-corrected chi connectivity index (χ4v) is 3.46. The molecule has 1 aromatic rings. The Labute approximate surface area is 142 Å². The number of amides is 1. The van der Waals surface area contributed by atoms with E-state index >= 15 is 0 Å². The van der Waals surface area contributed by atoms with E-state index in [4.69, 9.17) is 5.73 Å². The zero-order valence-electron chi connectivity index (χ0n) is 14.3. The highest BCUT2D eigenvalue weighted by atomic mass is 16.1. The van der Waals surface area contributed by atoms with Gasteiger partial charge in [-0.2, -0.15) is 0 Å². The van der Waals surface area contributed by atoms with Gasteiger partial charge in [-0.1, -0.05) is 6.92 Å². The van der Waals surface area contributed by atoms with Crippen molar-refractivity contribution in [3.05, 3.63) is 35.3 Å². The highest BCUT2D eigenvalue weighted by Crippen LogP contribution is 2.31. The number of nitrogens with two attached hydrogens (primary N) is 1. The van der Waals surface area contributed by atoms with Gasteiger partial charge in [-0.15, -0.1) is 0 Å². The van der Waals surface area contributed by atoms with Crippen LogP contribution >= 0.6 is 0 Å². The second-order valence-corrected chi connectivity index (χ2v) is 6.77. The number of carbonyl (C=O) groups is 1. The summed E-state index contributed by atoms with van der Waals surface area (Å²) in [6.45, 7) is 4.04. The molecule has 2 unspecified atom stereocenters. The van der Waals surface area contributed by atoms with E-state index in [-0.39, 0.29) is 5.91 Å². The zero-order chi connectivity index (χ0) is 17.1. The van der Waals surface area contributed by atoms with Crippen molar-refractivity contribution in [2.75, 3.05) is 20.1 Å². The zero-order valence-corrected chi connectivity index (χ0v) is 14.3. The molecule has 0 radical (unpaired) electrons. The van der Waals surface area contributed by atoms with Crippen LogP contribution in [-0.2, 0) is 0 Å². The van der Waals surface area contributed by atoms with Gasteiger partial charge in [-0.3, -0.25) is 14.7 Å². The average molecular weight is 327 g/mol. The lowest BCUT2D eigenvalue weighted by molar-refractivity contribution is 0.0958. The van der Waals surface area contributed by atoms with E-state index in [1.165, 1.54) is 19.3 Å². The lowest BCUT2D eigenvalue weighted by atomic mass is 10.1. The molecule has 0 spiro atoms. The first kappa shape index (κ1) is 16.6. The van der Waals surface area contributed by atoms with E-state index in [1.54, 1.807) is 25.4 Å². The molecule has 3 rings (SSSR count). The number of aliphatic imine (C=N–C) groups is 1. The monoisotopic (exact) mass is 327 g/mol. The lowest BCUT2D eigenvalue weighted by Gasteiger charge is -2.23. The number of hydrogen-bond acceptors (Lipinski definition) is 5. The predicted molar refractivity (Wildman–Crippen MR) is 95.4 cm³/mol. The van der Waals surface area contributed by atoms with Crippen molar-refractivity contribution >= 4 is 17.8 Å². The van der Waals surface area contributed by atoms with Crippen LogP contribution in [-0.4, -0.2) is 48.2 Å². The van der Waals surface area contributed by atoms with Crippen molar-refractivity contribution < 1.29 is 4.79 Å². The normalized spacial score (nSPS) is 24.9. The third-order valence-electron chi connectivity index (χ3n) is 4.92. The predicted octanol–water partition coefficient (Wildman–Crippen LogP) is 1.86. The Bertz CT molecular complexity index is 664. The molecule has 6 nitrogen and oxygen atoms in total. The Morgan fingerprint density at radius 3 is 2.88 bits per heavy atom. The van der Waals surface area contributed by atoms with E-state index < -0.39 is 0 Å². The van der Waals surface area contributed by atoms with Crippen LogP contribution in [0.1, 0.15) is 36.7 Å². The molecule has 0 aromatic carbocycles. The third kappa shape index (κ3) is 3.64. The summed E-state index contributed by atoms with van der Waals surface area (Å²) >= 11 is 0. The molecule has 1 amide bonds. The molecule has 2 aliphatic rings. The number of rotatable bonds is 4. The Morgan fingerprint density at radius 1 is 1.42 bits per heavy atom. The summed E-state index contributed by atoms with van der Waals surface area (Å²) in [5.74, 6) is 0.619. The number of hydrogen-bond donors (Lipinski definition) is 2. The van der Waals surface area contributed by atoms with Gasteiger partial charge in [-0.05, 0) is 37.3 Å². The maximum atomic E-state index is 11.5. The van der Waals surface area contributed by atoms with Crippen LogP contribution in [0, 0.1) is 5.92 Å². The quantitative estimate of drug-likeness (QED) is 0.827. The summed E-state index contributed by atoms with van der Waals surface area (Å²) in [5.41, 5.74) is 9.30. The van der Waals surface area contributed by atoms with Crippen molar-refractivity contribution in [1.29, 1.82) is 0 Å². The van der Waals surface area contributed by atoms with Gasteiger partial charge in [0.1, 0.15) is 5.69 Å². The number of aromatic nitrogens is 1. The molecule has 0 bridgehead atoms. The molecule has 1 aromatic heterocycles. The topological polar surface area (TPSA) is 83.6 Å². The largest absolute Gasteiger partial charge is 0.401 e. The van der Waals surface area contributed by atoms with Gasteiger partial charge in [0.25, 0.3) is 5.91 Å². The van der Waals surface area contributed by atoms with Crippen LogP contribution in [0.4, 0.5) is 5.69 Å². The van der Waals surface area contributed by atoms with Crippen LogP contribution in [0.3, 0.4) is 0 Å². The number of pyridine rings is 1.